The van der Waals surface area contributed by atoms with Gasteiger partial charge in [-0.15, -0.1) is 11.8 Å². The van der Waals surface area contributed by atoms with Crippen LogP contribution in [0.3, 0.4) is 0 Å². The second kappa shape index (κ2) is 4.45. The number of anilines is 1. The zero-order chi connectivity index (χ0) is 11.7. The Labute approximate surface area is 105 Å². The highest BCUT2D eigenvalue weighted by Crippen LogP contribution is 2.37. The highest BCUT2D eigenvalue weighted by Gasteiger charge is 2.20. The Morgan fingerprint density at radius 2 is 2.29 bits per heavy atom. The molecular formula is C13H15N3S. The van der Waals surface area contributed by atoms with E-state index in [4.69, 9.17) is 0 Å². The van der Waals surface area contributed by atoms with Gasteiger partial charge in [-0.1, -0.05) is 18.2 Å². The molecule has 0 aliphatic carbocycles. The van der Waals surface area contributed by atoms with E-state index in [0.29, 0.717) is 6.04 Å². The van der Waals surface area contributed by atoms with Gasteiger partial charge >= 0.3 is 0 Å². The fourth-order valence-corrected chi connectivity index (χ4v) is 3.31. The smallest absolute Gasteiger partial charge is 0.0731 e. The number of nitrogens with zero attached hydrogens (tertiary/aromatic N) is 2. The number of thioether (sulfide) groups is 1. The van der Waals surface area contributed by atoms with Crippen molar-refractivity contribution in [2.24, 2.45) is 7.05 Å². The van der Waals surface area contributed by atoms with Gasteiger partial charge < -0.3 is 5.32 Å². The third-order valence-electron chi connectivity index (χ3n) is 3.00. The molecule has 0 radical (unpaired) electrons. The number of fused-ring (bicyclic) bond motifs is 1. The Morgan fingerprint density at radius 3 is 3.12 bits per heavy atom. The van der Waals surface area contributed by atoms with Crippen LogP contribution in [0.4, 0.5) is 5.69 Å². The summed E-state index contributed by atoms with van der Waals surface area (Å²) in [6.07, 6.45) is 5.06. The normalized spacial score (nSPS) is 18.8. The molecule has 0 bridgehead atoms. The van der Waals surface area contributed by atoms with E-state index >= 15 is 0 Å². The molecule has 88 valence electrons. The quantitative estimate of drug-likeness (QED) is 0.882. The highest BCUT2D eigenvalue weighted by atomic mass is 32.2. The molecule has 1 aromatic carbocycles. The Kier molecular flexibility index (Phi) is 2.81. The molecule has 3 rings (SSSR count). The molecule has 1 aliphatic rings. The SMILES string of the molecule is Cn1cc(NC2CCSc3ccccc32)cn1. The van der Waals surface area contributed by atoms with Gasteiger partial charge in [0, 0.05) is 23.9 Å². The van der Waals surface area contributed by atoms with Crippen LogP contribution in [0.25, 0.3) is 0 Å². The van der Waals surface area contributed by atoms with Gasteiger partial charge in [0.1, 0.15) is 0 Å². The lowest BCUT2D eigenvalue weighted by Gasteiger charge is -2.26. The maximum atomic E-state index is 4.19. The van der Waals surface area contributed by atoms with E-state index in [1.54, 1.807) is 0 Å². The summed E-state index contributed by atoms with van der Waals surface area (Å²) in [4.78, 5) is 1.40. The minimum Gasteiger partial charge on any atom is -0.376 e. The van der Waals surface area contributed by atoms with E-state index < -0.39 is 0 Å². The second-order valence-electron chi connectivity index (χ2n) is 4.27. The van der Waals surface area contributed by atoms with E-state index in [-0.39, 0.29) is 0 Å². The molecular weight excluding hydrogens is 230 g/mol. The number of nitrogens with one attached hydrogen (secondary N) is 1. The van der Waals surface area contributed by atoms with Gasteiger partial charge in [0.05, 0.1) is 17.9 Å². The zero-order valence-corrected chi connectivity index (χ0v) is 10.6. The van der Waals surface area contributed by atoms with Gasteiger partial charge in [-0.25, -0.2) is 0 Å². The van der Waals surface area contributed by atoms with Crippen molar-refractivity contribution in [3.8, 4) is 0 Å². The van der Waals surface area contributed by atoms with Crippen molar-refractivity contribution in [2.45, 2.75) is 17.4 Å². The van der Waals surface area contributed by atoms with Crippen LogP contribution in [-0.4, -0.2) is 15.5 Å². The highest BCUT2D eigenvalue weighted by molar-refractivity contribution is 7.99. The van der Waals surface area contributed by atoms with Gasteiger partial charge in [0.25, 0.3) is 0 Å². The first-order chi connectivity index (χ1) is 8.33. The number of hydrogen-bond donors (Lipinski definition) is 1. The summed E-state index contributed by atoms with van der Waals surface area (Å²) in [5.74, 6) is 1.18. The first kappa shape index (κ1) is 10.7. The molecule has 17 heavy (non-hydrogen) atoms. The fourth-order valence-electron chi connectivity index (χ4n) is 2.19. The largest absolute Gasteiger partial charge is 0.376 e. The van der Waals surface area contributed by atoms with Crippen LogP contribution in [-0.2, 0) is 7.05 Å². The van der Waals surface area contributed by atoms with Crippen LogP contribution in [0.2, 0.25) is 0 Å². The van der Waals surface area contributed by atoms with Crippen molar-refractivity contribution in [1.82, 2.24) is 9.78 Å². The minimum absolute atomic E-state index is 0.414. The Morgan fingerprint density at radius 1 is 1.41 bits per heavy atom. The molecule has 0 saturated carbocycles. The molecule has 1 aliphatic heterocycles. The predicted octanol–water partition coefficient (Wildman–Crippen LogP) is 3.07. The van der Waals surface area contributed by atoms with Gasteiger partial charge in [0.15, 0.2) is 0 Å². The van der Waals surface area contributed by atoms with E-state index in [1.807, 2.05) is 35.9 Å². The van der Waals surface area contributed by atoms with Gasteiger partial charge in [-0.05, 0) is 18.1 Å². The summed E-state index contributed by atoms with van der Waals surface area (Å²) in [7, 11) is 1.94. The summed E-state index contributed by atoms with van der Waals surface area (Å²) in [5, 5.41) is 7.75. The van der Waals surface area contributed by atoms with Crippen molar-refractivity contribution < 1.29 is 0 Å². The minimum atomic E-state index is 0.414. The predicted molar refractivity (Wildman–Crippen MR) is 71.4 cm³/mol. The number of aromatic nitrogens is 2. The lowest BCUT2D eigenvalue weighted by molar-refractivity contribution is 0.728. The van der Waals surface area contributed by atoms with Crippen LogP contribution < -0.4 is 5.32 Å². The average Bonchev–Trinajstić information content (AvgIpc) is 2.75. The first-order valence-electron chi connectivity index (χ1n) is 5.80. The maximum absolute atomic E-state index is 4.19. The molecule has 1 aromatic heterocycles. The van der Waals surface area contributed by atoms with Crippen LogP contribution in [0.15, 0.2) is 41.6 Å². The molecule has 4 heteroatoms. The van der Waals surface area contributed by atoms with E-state index in [0.717, 1.165) is 12.1 Å². The lowest BCUT2D eigenvalue weighted by Crippen LogP contribution is -2.15. The van der Waals surface area contributed by atoms with Crippen molar-refractivity contribution >= 4 is 17.4 Å². The molecule has 0 spiro atoms. The van der Waals surface area contributed by atoms with Crippen LogP contribution >= 0.6 is 11.8 Å². The third-order valence-corrected chi connectivity index (χ3v) is 4.13. The Bertz CT molecular complexity index is 521. The maximum Gasteiger partial charge on any atom is 0.0731 e. The Balaban J connectivity index is 1.85. The fraction of sp³-hybridized carbons (Fsp3) is 0.308. The standard InChI is InChI=1S/C13H15N3S/c1-16-9-10(8-14-16)15-12-6-7-17-13-5-3-2-4-11(12)13/h2-5,8-9,12,15H,6-7H2,1H3. The van der Waals surface area contributed by atoms with E-state index in [1.165, 1.54) is 16.2 Å². The van der Waals surface area contributed by atoms with E-state index in [9.17, 15) is 0 Å². The van der Waals surface area contributed by atoms with Gasteiger partial charge in [0.2, 0.25) is 0 Å². The lowest BCUT2D eigenvalue weighted by atomic mass is 10.0. The molecule has 2 aromatic rings. The summed E-state index contributed by atoms with van der Waals surface area (Å²) in [5.41, 5.74) is 2.51. The van der Waals surface area contributed by atoms with Crippen molar-refractivity contribution in [3.63, 3.8) is 0 Å². The summed E-state index contributed by atoms with van der Waals surface area (Å²) in [6.45, 7) is 0. The molecule has 0 fully saturated rings. The Hall–Kier alpha value is -1.42. The van der Waals surface area contributed by atoms with Gasteiger partial charge in [-0.3, -0.25) is 4.68 Å². The zero-order valence-electron chi connectivity index (χ0n) is 9.76. The van der Waals surface area contributed by atoms with Crippen molar-refractivity contribution in [2.75, 3.05) is 11.1 Å². The first-order valence-corrected chi connectivity index (χ1v) is 6.78. The number of aryl methyl sites for hydroxylation is 1. The number of rotatable bonds is 2. The van der Waals surface area contributed by atoms with Crippen molar-refractivity contribution in [1.29, 1.82) is 0 Å². The summed E-state index contributed by atoms with van der Waals surface area (Å²) < 4.78 is 1.83. The second-order valence-corrected chi connectivity index (χ2v) is 5.41. The van der Waals surface area contributed by atoms with Gasteiger partial charge in [-0.2, -0.15) is 5.10 Å². The van der Waals surface area contributed by atoms with Crippen LogP contribution in [0, 0.1) is 0 Å². The van der Waals surface area contributed by atoms with Crippen LogP contribution in [0.1, 0.15) is 18.0 Å². The molecule has 0 saturated heterocycles. The van der Waals surface area contributed by atoms with Crippen LogP contribution in [0.5, 0.6) is 0 Å². The molecule has 1 N–H and O–H groups in total. The topological polar surface area (TPSA) is 29.9 Å². The molecule has 1 unspecified atom stereocenters. The molecule has 0 amide bonds. The summed E-state index contributed by atoms with van der Waals surface area (Å²) in [6, 6.07) is 9.06. The molecule has 1 atom stereocenters. The van der Waals surface area contributed by atoms with E-state index in [2.05, 4.69) is 34.7 Å². The molecule has 2 heterocycles. The monoisotopic (exact) mass is 245 g/mol. The third kappa shape index (κ3) is 2.17. The van der Waals surface area contributed by atoms with Crippen molar-refractivity contribution in [3.05, 3.63) is 42.2 Å². The molecule has 3 nitrogen and oxygen atoms in total. The summed E-state index contributed by atoms with van der Waals surface area (Å²) >= 11 is 1.95. The number of hydrogen-bond acceptors (Lipinski definition) is 3. The number of benzene rings is 1. The average molecular weight is 245 g/mol.